The van der Waals surface area contributed by atoms with E-state index < -0.39 is 11.7 Å². The number of carbonyl (C=O) groups excluding carboxylic acids is 2. The lowest BCUT2D eigenvalue weighted by Crippen LogP contribution is -2.42. The van der Waals surface area contributed by atoms with E-state index in [0.717, 1.165) is 10.8 Å². The Hall–Kier alpha value is -2.80. The summed E-state index contributed by atoms with van der Waals surface area (Å²) in [4.78, 5) is 26.2. The van der Waals surface area contributed by atoms with Crippen LogP contribution in [0, 0.1) is 0 Å². The quantitative estimate of drug-likeness (QED) is 0.871. The summed E-state index contributed by atoms with van der Waals surface area (Å²) in [6.45, 7) is 7.68. The van der Waals surface area contributed by atoms with Gasteiger partial charge in [0.2, 0.25) is 0 Å². The summed E-state index contributed by atoms with van der Waals surface area (Å²) in [7, 11) is 0. The number of anilines is 1. The number of hydrogen-bond donors (Lipinski definition) is 1. The van der Waals surface area contributed by atoms with E-state index in [1.807, 2.05) is 45.0 Å². The Balaban J connectivity index is 1.74. The van der Waals surface area contributed by atoms with Crippen LogP contribution < -0.4 is 10.1 Å². The van der Waals surface area contributed by atoms with Gasteiger partial charge in [-0.05, 0) is 32.9 Å². The van der Waals surface area contributed by atoms with Crippen molar-refractivity contribution in [1.29, 1.82) is 0 Å². The van der Waals surface area contributed by atoms with Crippen LogP contribution in [-0.4, -0.2) is 55.4 Å². The molecule has 0 unspecified atom stereocenters. The third-order valence-electron chi connectivity index (χ3n) is 4.23. The van der Waals surface area contributed by atoms with Crippen LogP contribution in [0.3, 0.4) is 0 Å². The SMILES string of the molecule is CC(C)(C)OC(=O)Nc1ccc(OCC(=O)N2CCOCC2)c2ccccc12. The molecule has 2 amide bonds. The number of hydrogen-bond acceptors (Lipinski definition) is 5. The summed E-state index contributed by atoms with van der Waals surface area (Å²) in [5.41, 5.74) is 0.0414. The molecule has 0 spiro atoms. The van der Waals surface area contributed by atoms with Gasteiger partial charge < -0.3 is 19.1 Å². The highest BCUT2D eigenvalue weighted by Gasteiger charge is 2.19. The molecule has 2 aromatic carbocycles. The van der Waals surface area contributed by atoms with Crippen LogP contribution in [0.4, 0.5) is 10.5 Å². The maximum absolute atomic E-state index is 12.3. The van der Waals surface area contributed by atoms with Crippen LogP contribution in [0.2, 0.25) is 0 Å². The Bertz CT molecular complexity index is 853. The van der Waals surface area contributed by atoms with Crippen molar-refractivity contribution in [3.63, 3.8) is 0 Å². The van der Waals surface area contributed by atoms with E-state index in [4.69, 9.17) is 14.2 Å². The van der Waals surface area contributed by atoms with Gasteiger partial charge in [0.05, 0.1) is 18.9 Å². The zero-order valence-electron chi connectivity index (χ0n) is 16.5. The third kappa shape index (κ3) is 5.13. The van der Waals surface area contributed by atoms with Crippen molar-refractivity contribution in [2.24, 2.45) is 0 Å². The standard InChI is InChI=1S/C21H26N2O5/c1-21(2,3)28-20(25)22-17-8-9-18(16-7-5-4-6-15(16)17)27-14-19(24)23-10-12-26-13-11-23/h4-9H,10-14H2,1-3H3,(H,22,25). The molecule has 0 saturated carbocycles. The maximum Gasteiger partial charge on any atom is 0.412 e. The van der Waals surface area contributed by atoms with Crippen LogP contribution in [0.15, 0.2) is 36.4 Å². The summed E-state index contributed by atoms with van der Waals surface area (Å²) in [5.74, 6) is 0.523. The highest BCUT2D eigenvalue weighted by Crippen LogP contribution is 2.32. The van der Waals surface area contributed by atoms with Crippen LogP contribution >= 0.6 is 0 Å². The molecule has 0 atom stereocenters. The van der Waals surface area contributed by atoms with Gasteiger partial charge in [0, 0.05) is 23.9 Å². The fourth-order valence-electron chi connectivity index (χ4n) is 2.96. The molecule has 1 aliphatic rings. The van der Waals surface area contributed by atoms with Crippen LogP contribution in [-0.2, 0) is 14.3 Å². The first-order chi connectivity index (χ1) is 13.3. The van der Waals surface area contributed by atoms with Gasteiger partial charge in [-0.25, -0.2) is 4.79 Å². The molecule has 0 radical (unpaired) electrons. The van der Waals surface area contributed by atoms with Gasteiger partial charge in [-0.3, -0.25) is 10.1 Å². The van der Waals surface area contributed by atoms with E-state index in [1.54, 1.807) is 17.0 Å². The van der Waals surface area contributed by atoms with Gasteiger partial charge in [0.15, 0.2) is 6.61 Å². The van der Waals surface area contributed by atoms with E-state index in [-0.39, 0.29) is 12.5 Å². The molecule has 3 rings (SSSR count). The molecule has 150 valence electrons. The Morgan fingerprint density at radius 1 is 1.07 bits per heavy atom. The number of fused-ring (bicyclic) bond motifs is 1. The average Bonchev–Trinajstić information content (AvgIpc) is 2.66. The number of ether oxygens (including phenoxy) is 3. The van der Waals surface area contributed by atoms with Gasteiger partial charge in [0.1, 0.15) is 11.4 Å². The molecule has 0 bridgehead atoms. The molecule has 28 heavy (non-hydrogen) atoms. The monoisotopic (exact) mass is 386 g/mol. The van der Waals surface area contributed by atoms with Crippen molar-refractivity contribution in [2.45, 2.75) is 26.4 Å². The molecule has 0 aromatic heterocycles. The fraction of sp³-hybridized carbons (Fsp3) is 0.429. The highest BCUT2D eigenvalue weighted by molar-refractivity contribution is 6.02. The second-order valence-corrected chi connectivity index (χ2v) is 7.57. The summed E-state index contributed by atoms with van der Waals surface area (Å²) in [6.07, 6.45) is -0.520. The second-order valence-electron chi connectivity index (χ2n) is 7.57. The van der Waals surface area contributed by atoms with Crippen molar-refractivity contribution >= 4 is 28.5 Å². The number of benzene rings is 2. The Labute approximate surface area is 164 Å². The Morgan fingerprint density at radius 2 is 1.75 bits per heavy atom. The topological polar surface area (TPSA) is 77.1 Å². The first-order valence-electron chi connectivity index (χ1n) is 9.33. The minimum absolute atomic E-state index is 0.0389. The summed E-state index contributed by atoms with van der Waals surface area (Å²) < 4.78 is 16.4. The van der Waals surface area contributed by atoms with E-state index in [0.29, 0.717) is 37.7 Å². The minimum atomic E-state index is -0.581. The van der Waals surface area contributed by atoms with E-state index in [1.165, 1.54) is 0 Å². The van der Waals surface area contributed by atoms with Gasteiger partial charge in [-0.2, -0.15) is 0 Å². The zero-order chi connectivity index (χ0) is 20.1. The molecular formula is C21H26N2O5. The molecule has 0 aliphatic carbocycles. The van der Waals surface area contributed by atoms with Crippen molar-refractivity contribution in [3.05, 3.63) is 36.4 Å². The van der Waals surface area contributed by atoms with E-state index >= 15 is 0 Å². The lowest BCUT2D eigenvalue weighted by atomic mass is 10.1. The summed E-state index contributed by atoms with van der Waals surface area (Å²) in [6, 6.07) is 11.0. The minimum Gasteiger partial charge on any atom is -0.483 e. The first-order valence-corrected chi connectivity index (χ1v) is 9.33. The molecule has 1 heterocycles. The molecule has 1 N–H and O–H groups in total. The van der Waals surface area contributed by atoms with Crippen molar-refractivity contribution in [1.82, 2.24) is 4.90 Å². The van der Waals surface area contributed by atoms with Crippen LogP contribution in [0.1, 0.15) is 20.8 Å². The molecular weight excluding hydrogens is 360 g/mol. The number of nitrogens with one attached hydrogen (secondary N) is 1. The second kappa shape index (κ2) is 8.48. The number of amides is 2. The molecule has 1 fully saturated rings. The average molecular weight is 386 g/mol. The molecule has 7 nitrogen and oxygen atoms in total. The number of rotatable bonds is 4. The lowest BCUT2D eigenvalue weighted by molar-refractivity contribution is -0.137. The molecule has 1 aliphatic heterocycles. The molecule has 7 heteroatoms. The van der Waals surface area contributed by atoms with Gasteiger partial charge in [-0.1, -0.05) is 24.3 Å². The highest BCUT2D eigenvalue weighted by atomic mass is 16.6. The number of morpholine rings is 1. The first kappa shape index (κ1) is 19.9. The smallest absolute Gasteiger partial charge is 0.412 e. The van der Waals surface area contributed by atoms with Gasteiger partial charge in [-0.15, -0.1) is 0 Å². The largest absolute Gasteiger partial charge is 0.483 e. The molecule has 1 saturated heterocycles. The molecule has 2 aromatic rings. The Morgan fingerprint density at radius 3 is 2.43 bits per heavy atom. The number of nitrogens with zero attached hydrogens (tertiary/aromatic N) is 1. The van der Waals surface area contributed by atoms with Crippen LogP contribution in [0.25, 0.3) is 10.8 Å². The third-order valence-corrected chi connectivity index (χ3v) is 4.23. The fourth-order valence-corrected chi connectivity index (χ4v) is 2.96. The van der Waals surface area contributed by atoms with Crippen molar-refractivity contribution < 1.29 is 23.8 Å². The van der Waals surface area contributed by atoms with Crippen LogP contribution in [0.5, 0.6) is 5.75 Å². The Kier molecular flexibility index (Phi) is 6.04. The number of carbonyl (C=O) groups is 2. The predicted octanol–water partition coefficient (Wildman–Crippen LogP) is 3.42. The summed E-state index contributed by atoms with van der Waals surface area (Å²) in [5, 5.41) is 4.40. The summed E-state index contributed by atoms with van der Waals surface area (Å²) >= 11 is 0. The lowest BCUT2D eigenvalue weighted by Gasteiger charge is -2.26. The van der Waals surface area contributed by atoms with Gasteiger partial charge >= 0.3 is 6.09 Å². The predicted molar refractivity (Wildman–Crippen MR) is 107 cm³/mol. The maximum atomic E-state index is 12.3. The van der Waals surface area contributed by atoms with E-state index in [2.05, 4.69) is 5.32 Å². The zero-order valence-corrected chi connectivity index (χ0v) is 16.5. The van der Waals surface area contributed by atoms with Crippen molar-refractivity contribution in [3.8, 4) is 5.75 Å². The van der Waals surface area contributed by atoms with Gasteiger partial charge in [0.25, 0.3) is 5.91 Å². The normalized spacial score (nSPS) is 14.6. The van der Waals surface area contributed by atoms with E-state index in [9.17, 15) is 9.59 Å². The van der Waals surface area contributed by atoms with Crippen molar-refractivity contribution in [2.75, 3.05) is 38.2 Å².